The van der Waals surface area contributed by atoms with Crippen molar-refractivity contribution in [1.29, 1.82) is 0 Å². The lowest BCUT2D eigenvalue weighted by Gasteiger charge is -2.25. The van der Waals surface area contributed by atoms with Crippen molar-refractivity contribution in [2.24, 2.45) is 0 Å². The van der Waals surface area contributed by atoms with Gasteiger partial charge in [0.05, 0.1) is 6.26 Å². The van der Waals surface area contributed by atoms with Crippen LogP contribution < -0.4 is 5.32 Å². The first-order valence-electron chi connectivity index (χ1n) is 5.74. The molecular formula is C12H17NO3. The maximum absolute atomic E-state index is 11.2. The minimum absolute atomic E-state index is 0.653. The van der Waals surface area contributed by atoms with Crippen LogP contribution in [-0.2, 0) is 11.2 Å². The molecule has 1 aliphatic carbocycles. The Hall–Kier alpha value is -1.29. The van der Waals surface area contributed by atoms with E-state index in [0.29, 0.717) is 6.54 Å². The van der Waals surface area contributed by atoms with Gasteiger partial charge in [0.2, 0.25) is 0 Å². The average molecular weight is 223 g/mol. The third-order valence-corrected chi connectivity index (χ3v) is 3.28. The molecule has 16 heavy (non-hydrogen) atoms. The first-order chi connectivity index (χ1) is 7.73. The SMILES string of the molecule is O=C(O)C1(NCCc2ccco2)CCCC1. The topological polar surface area (TPSA) is 62.5 Å². The molecule has 4 nitrogen and oxygen atoms in total. The van der Waals surface area contributed by atoms with Gasteiger partial charge in [0.15, 0.2) is 0 Å². The zero-order chi connectivity index (χ0) is 11.4. The molecule has 2 N–H and O–H groups in total. The minimum atomic E-state index is -0.718. The lowest BCUT2D eigenvalue weighted by molar-refractivity contribution is -0.144. The molecule has 0 aromatic carbocycles. The number of nitrogens with one attached hydrogen (secondary N) is 1. The zero-order valence-corrected chi connectivity index (χ0v) is 9.24. The van der Waals surface area contributed by atoms with Gasteiger partial charge in [-0.2, -0.15) is 0 Å². The predicted molar refractivity (Wildman–Crippen MR) is 59.2 cm³/mol. The summed E-state index contributed by atoms with van der Waals surface area (Å²) in [6.07, 6.45) is 5.85. The van der Waals surface area contributed by atoms with Crippen LogP contribution in [0.2, 0.25) is 0 Å². The van der Waals surface area contributed by atoms with Gasteiger partial charge in [-0.25, -0.2) is 0 Å². The lowest BCUT2D eigenvalue weighted by Crippen LogP contribution is -2.50. The fraction of sp³-hybridized carbons (Fsp3) is 0.583. The summed E-state index contributed by atoms with van der Waals surface area (Å²) in [6.45, 7) is 0.653. The Bertz CT molecular complexity index is 339. The summed E-state index contributed by atoms with van der Waals surface area (Å²) < 4.78 is 5.20. The van der Waals surface area contributed by atoms with Crippen LogP contribution in [0.5, 0.6) is 0 Å². The van der Waals surface area contributed by atoms with Gasteiger partial charge >= 0.3 is 5.97 Å². The van der Waals surface area contributed by atoms with Crippen molar-refractivity contribution < 1.29 is 14.3 Å². The van der Waals surface area contributed by atoms with E-state index in [0.717, 1.165) is 37.9 Å². The molecule has 1 fully saturated rings. The van der Waals surface area contributed by atoms with E-state index in [4.69, 9.17) is 4.42 Å². The monoisotopic (exact) mass is 223 g/mol. The maximum Gasteiger partial charge on any atom is 0.323 e. The van der Waals surface area contributed by atoms with Crippen molar-refractivity contribution in [2.75, 3.05) is 6.54 Å². The molecule has 0 atom stereocenters. The van der Waals surface area contributed by atoms with Gasteiger partial charge in [0.1, 0.15) is 11.3 Å². The fourth-order valence-corrected chi connectivity index (χ4v) is 2.32. The molecule has 88 valence electrons. The van der Waals surface area contributed by atoms with Gasteiger partial charge in [0.25, 0.3) is 0 Å². The highest BCUT2D eigenvalue weighted by atomic mass is 16.4. The number of carboxylic acids is 1. The summed E-state index contributed by atoms with van der Waals surface area (Å²) in [5, 5.41) is 12.4. The number of furan rings is 1. The molecule has 1 saturated carbocycles. The van der Waals surface area contributed by atoms with E-state index in [1.54, 1.807) is 6.26 Å². The van der Waals surface area contributed by atoms with Crippen molar-refractivity contribution in [1.82, 2.24) is 5.32 Å². The van der Waals surface area contributed by atoms with E-state index in [1.165, 1.54) is 0 Å². The molecule has 0 spiro atoms. The van der Waals surface area contributed by atoms with Crippen LogP contribution in [0, 0.1) is 0 Å². The van der Waals surface area contributed by atoms with E-state index < -0.39 is 11.5 Å². The van der Waals surface area contributed by atoms with E-state index in [1.807, 2.05) is 12.1 Å². The summed E-state index contributed by atoms with van der Waals surface area (Å²) in [5.74, 6) is 0.176. The largest absolute Gasteiger partial charge is 0.480 e. The quantitative estimate of drug-likeness (QED) is 0.799. The van der Waals surface area contributed by atoms with Crippen LogP contribution in [0.4, 0.5) is 0 Å². The molecule has 4 heteroatoms. The van der Waals surface area contributed by atoms with Crippen molar-refractivity contribution in [3.8, 4) is 0 Å². The Kier molecular flexibility index (Phi) is 3.29. The third-order valence-electron chi connectivity index (χ3n) is 3.28. The van der Waals surface area contributed by atoms with Gasteiger partial charge in [-0.05, 0) is 25.0 Å². The van der Waals surface area contributed by atoms with Crippen molar-refractivity contribution in [2.45, 2.75) is 37.6 Å². The molecule has 0 radical (unpaired) electrons. The molecular weight excluding hydrogens is 206 g/mol. The number of aliphatic carboxylic acids is 1. The van der Waals surface area contributed by atoms with Crippen molar-refractivity contribution >= 4 is 5.97 Å². The smallest absolute Gasteiger partial charge is 0.323 e. The summed E-state index contributed by atoms with van der Waals surface area (Å²) in [7, 11) is 0. The Labute approximate surface area is 94.6 Å². The summed E-state index contributed by atoms with van der Waals surface area (Å²) in [6, 6.07) is 3.75. The first kappa shape index (κ1) is 11.2. The van der Waals surface area contributed by atoms with E-state index in [9.17, 15) is 9.90 Å². The predicted octanol–water partition coefficient (Wildman–Crippen LogP) is 1.81. The van der Waals surface area contributed by atoms with Crippen LogP contribution in [0.3, 0.4) is 0 Å². The maximum atomic E-state index is 11.2. The average Bonchev–Trinajstić information content (AvgIpc) is 2.88. The second kappa shape index (κ2) is 4.70. The third kappa shape index (κ3) is 2.27. The van der Waals surface area contributed by atoms with E-state index in [-0.39, 0.29) is 0 Å². The number of hydrogen-bond acceptors (Lipinski definition) is 3. The second-order valence-electron chi connectivity index (χ2n) is 4.35. The van der Waals surface area contributed by atoms with Gasteiger partial charge in [-0.1, -0.05) is 12.8 Å². The first-order valence-corrected chi connectivity index (χ1v) is 5.74. The normalized spacial score (nSPS) is 18.8. The zero-order valence-electron chi connectivity index (χ0n) is 9.24. The van der Waals surface area contributed by atoms with Gasteiger partial charge in [-0.3, -0.25) is 4.79 Å². The molecule has 1 aliphatic rings. The van der Waals surface area contributed by atoms with Crippen molar-refractivity contribution in [3.05, 3.63) is 24.2 Å². The minimum Gasteiger partial charge on any atom is -0.480 e. The molecule has 0 aliphatic heterocycles. The van der Waals surface area contributed by atoms with Crippen LogP contribution in [0.25, 0.3) is 0 Å². The second-order valence-corrected chi connectivity index (χ2v) is 4.35. The Morgan fingerprint density at radius 2 is 2.25 bits per heavy atom. The van der Waals surface area contributed by atoms with Gasteiger partial charge in [-0.15, -0.1) is 0 Å². The van der Waals surface area contributed by atoms with E-state index >= 15 is 0 Å². The Balaban J connectivity index is 1.85. The Morgan fingerprint density at radius 3 is 2.81 bits per heavy atom. The molecule has 1 aromatic heterocycles. The number of rotatable bonds is 5. The van der Waals surface area contributed by atoms with Crippen LogP contribution in [-0.4, -0.2) is 23.2 Å². The molecule has 2 rings (SSSR count). The summed E-state index contributed by atoms with van der Waals surface area (Å²) >= 11 is 0. The standard InChI is InChI=1S/C12H17NO3/c14-11(15)12(6-1-2-7-12)13-8-5-10-4-3-9-16-10/h3-4,9,13H,1-2,5-8H2,(H,14,15). The Morgan fingerprint density at radius 1 is 1.50 bits per heavy atom. The molecule has 0 amide bonds. The molecule has 0 bridgehead atoms. The van der Waals surface area contributed by atoms with Crippen LogP contribution in [0.1, 0.15) is 31.4 Å². The van der Waals surface area contributed by atoms with Crippen molar-refractivity contribution in [3.63, 3.8) is 0 Å². The fourth-order valence-electron chi connectivity index (χ4n) is 2.32. The number of hydrogen-bond donors (Lipinski definition) is 2. The molecule has 0 saturated heterocycles. The van der Waals surface area contributed by atoms with Crippen LogP contribution in [0.15, 0.2) is 22.8 Å². The molecule has 1 heterocycles. The highest BCUT2D eigenvalue weighted by Crippen LogP contribution is 2.29. The summed E-state index contributed by atoms with van der Waals surface area (Å²) in [4.78, 5) is 11.2. The highest BCUT2D eigenvalue weighted by molar-refractivity contribution is 5.79. The number of carboxylic acid groups (broad SMARTS) is 1. The summed E-state index contributed by atoms with van der Waals surface area (Å²) in [5.41, 5.74) is -0.688. The molecule has 1 aromatic rings. The van der Waals surface area contributed by atoms with Gasteiger partial charge < -0.3 is 14.8 Å². The van der Waals surface area contributed by atoms with E-state index in [2.05, 4.69) is 5.32 Å². The van der Waals surface area contributed by atoms with Crippen LogP contribution >= 0.6 is 0 Å². The lowest BCUT2D eigenvalue weighted by atomic mass is 9.98. The molecule has 0 unspecified atom stereocenters. The van der Waals surface area contributed by atoms with Gasteiger partial charge in [0, 0.05) is 13.0 Å². The number of carbonyl (C=O) groups is 1. The highest BCUT2D eigenvalue weighted by Gasteiger charge is 2.40.